The van der Waals surface area contributed by atoms with Gasteiger partial charge in [0.05, 0.1) is 6.10 Å². The summed E-state index contributed by atoms with van der Waals surface area (Å²) in [5.41, 5.74) is -1.01. The van der Waals surface area contributed by atoms with Crippen molar-refractivity contribution in [3.63, 3.8) is 0 Å². The predicted molar refractivity (Wildman–Crippen MR) is 69.8 cm³/mol. The second-order valence-corrected chi connectivity index (χ2v) is 5.76. The fraction of sp³-hybridized carbons (Fsp3) is 0.857. The molecule has 2 rings (SSSR count). The third-order valence-corrected chi connectivity index (χ3v) is 4.36. The van der Waals surface area contributed by atoms with Crippen molar-refractivity contribution in [1.82, 2.24) is 4.90 Å². The zero-order valence-electron chi connectivity index (χ0n) is 11.6. The molecule has 0 radical (unpaired) electrons. The largest absolute Gasteiger partial charge is 0.480 e. The van der Waals surface area contributed by atoms with Crippen molar-refractivity contribution in [2.24, 2.45) is 0 Å². The minimum Gasteiger partial charge on any atom is -0.480 e. The second-order valence-electron chi connectivity index (χ2n) is 5.76. The lowest BCUT2D eigenvalue weighted by Crippen LogP contribution is -2.50. The molecule has 0 bridgehead atoms. The van der Waals surface area contributed by atoms with Crippen molar-refractivity contribution >= 4 is 11.9 Å². The van der Waals surface area contributed by atoms with Crippen molar-refractivity contribution in [3.8, 4) is 0 Å². The zero-order chi connectivity index (χ0) is 13.9. The summed E-state index contributed by atoms with van der Waals surface area (Å²) in [4.78, 5) is 25.1. The van der Waals surface area contributed by atoms with Crippen molar-refractivity contribution < 1.29 is 19.4 Å². The third kappa shape index (κ3) is 3.08. The van der Waals surface area contributed by atoms with E-state index in [9.17, 15) is 14.7 Å². The monoisotopic (exact) mass is 269 g/mol. The number of carbonyl (C=O) groups excluding carboxylic acids is 1. The number of carboxylic acids is 1. The number of ether oxygens (including phenoxy) is 1. The average molecular weight is 269 g/mol. The number of hydrogen-bond donors (Lipinski definition) is 1. The Hall–Kier alpha value is -1.10. The molecule has 19 heavy (non-hydrogen) atoms. The molecule has 1 N–H and O–H groups in total. The summed E-state index contributed by atoms with van der Waals surface area (Å²) >= 11 is 0. The van der Waals surface area contributed by atoms with Gasteiger partial charge < -0.3 is 14.7 Å². The molecular formula is C14H23NO4. The van der Waals surface area contributed by atoms with Crippen LogP contribution in [0, 0.1) is 0 Å². The van der Waals surface area contributed by atoms with E-state index in [4.69, 9.17) is 4.74 Å². The molecule has 0 aromatic heterocycles. The van der Waals surface area contributed by atoms with Gasteiger partial charge in [0.1, 0.15) is 5.54 Å². The van der Waals surface area contributed by atoms with Gasteiger partial charge in [0.25, 0.3) is 0 Å². The third-order valence-electron chi connectivity index (χ3n) is 4.36. The number of carboxylic acid groups (broad SMARTS) is 1. The highest BCUT2D eigenvalue weighted by Crippen LogP contribution is 2.30. The molecule has 0 spiro atoms. The molecule has 2 fully saturated rings. The Bertz CT molecular complexity index is 351. The number of hydrogen-bond acceptors (Lipinski definition) is 3. The quantitative estimate of drug-likeness (QED) is 0.845. The van der Waals surface area contributed by atoms with Crippen LogP contribution in [0.4, 0.5) is 0 Å². The van der Waals surface area contributed by atoms with Gasteiger partial charge in [0, 0.05) is 19.6 Å². The summed E-state index contributed by atoms with van der Waals surface area (Å²) in [5.74, 6) is -0.941. The number of likely N-dealkylation sites (tertiary alicyclic amines) is 1. The van der Waals surface area contributed by atoms with Crippen molar-refractivity contribution in [2.75, 3.05) is 13.2 Å². The Morgan fingerprint density at radius 1 is 1.37 bits per heavy atom. The molecule has 2 heterocycles. The van der Waals surface area contributed by atoms with E-state index >= 15 is 0 Å². The van der Waals surface area contributed by atoms with Crippen LogP contribution in [0.15, 0.2) is 0 Å². The Balaban J connectivity index is 1.87. The molecule has 1 amide bonds. The van der Waals surface area contributed by atoms with Crippen LogP contribution in [0.5, 0.6) is 0 Å². The van der Waals surface area contributed by atoms with E-state index in [2.05, 4.69) is 0 Å². The van der Waals surface area contributed by atoms with Gasteiger partial charge in [0.15, 0.2) is 0 Å². The standard InChI is InChI=1S/C14H23NO4/c1-14(13(17)18)8-4-9-15(14)12(16)7-6-11-5-2-3-10-19-11/h11H,2-10H2,1H3,(H,17,18). The van der Waals surface area contributed by atoms with E-state index in [0.29, 0.717) is 25.8 Å². The summed E-state index contributed by atoms with van der Waals surface area (Å²) in [7, 11) is 0. The van der Waals surface area contributed by atoms with Crippen molar-refractivity contribution in [2.45, 2.75) is 63.5 Å². The van der Waals surface area contributed by atoms with Crippen molar-refractivity contribution in [3.05, 3.63) is 0 Å². The molecule has 2 saturated heterocycles. The zero-order valence-corrected chi connectivity index (χ0v) is 11.6. The Morgan fingerprint density at radius 3 is 2.79 bits per heavy atom. The molecule has 2 aliphatic rings. The number of amides is 1. The maximum atomic E-state index is 12.2. The van der Waals surface area contributed by atoms with Crippen LogP contribution in [0.2, 0.25) is 0 Å². The van der Waals surface area contributed by atoms with Gasteiger partial charge in [-0.3, -0.25) is 4.79 Å². The summed E-state index contributed by atoms with van der Waals surface area (Å²) in [6, 6.07) is 0. The fourth-order valence-electron chi connectivity index (χ4n) is 3.04. The summed E-state index contributed by atoms with van der Waals surface area (Å²) in [6.45, 7) is 3.00. The van der Waals surface area contributed by atoms with Gasteiger partial charge in [-0.25, -0.2) is 4.79 Å². The topological polar surface area (TPSA) is 66.8 Å². The van der Waals surface area contributed by atoms with Gasteiger partial charge in [-0.1, -0.05) is 0 Å². The van der Waals surface area contributed by atoms with Crippen LogP contribution in [0.1, 0.15) is 51.9 Å². The summed E-state index contributed by atoms with van der Waals surface area (Å²) in [5, 5.41) is 9.29. The highest BCUT2D eigenvalue weighted by atomic mass is 16.5. The van der Waals surface area contributed by atoms with Crippen LogP contribution in [0.3, 0.4) is 0 Å². The molecule has 5 nitrogen and oxygen atoms in total. The minimum absolute atomic E-state index is 0.0448. The van der Waals surface area contributed by atoms with Crippen LogP contribution < -0.4 is 0 Å². The van der Waals surface area contributed by atoms with E-state index < -0.39 is 11.5 Å². The molecule has 108 valence electrons. The number of carbonyl (C=O) groups is 2. The lowest BCUT2D eigenvalue weighted by Gasteiger charge is -2.32. The molecule has 0 aromatic carbocycles. The first-order valence-electron chi connectivity index (χ1n) is 7.19. The average Bonchev–Trinajstić information content (AvgIpc) is 2.81. The molecule has 2 unspecified atom stereocenters. The van der Waals surface area contributed by atoms with Gasteiger partial charge >= 0.3 is 5.97 Å². The van der Waals surface area contributed by atoms with Crippen LogP contribution >= 0.6 is 0 Å². The summed E-state index contributed by atoms with van der Waals surface area (Å²) in [6.07, 6.45) is 5.89. The highest BCUT2D eigenvalue weighted by molar-refractivity contribution is 5.87. The normalized spacial score (nSPS) is 31.4. The minimum atomic E-state index is -1.01. The van der Waals surface area contributed by atoms with Gasteiger partial charge in [-0.05, 0) is 45.4 Å². The van der Waals surface area contributed by atoms with Gasteiger partial charge in [-0.2, -0.15) is 0 Å². The van der Waals surface area contributed by atoms with Crippen LogP contribution in [0.25, 0.3) is 0 Å². The first-order valence-corrected chi connectivity index (χ1v) is 7.19. The number of nitrogens with zero attached hydrogens (tertiary/aromatic N) is 1. The molecule has 0 aliphatic carbocycles. The van der Waals surface area contributed by atoms with Crippen LogP contribution in [-0.4, -0.2) is 46.7 Å². The van der Waals surface area contributed by atoms with E-state index in [1.807, 2.05) is 0 Å². The molecule has 2 atom stereocenters. The SMILES string of the molecule is CC1(C(=O)O)CCCN1C(=O)CCC1CCCCO1. The number of aliphatic carboxylic acids is 1. The van der Waals surface area contributed by atoms with E-state index in [-0.39, 0.29) is 12.0 Å². The summed E-state index contributed by atoms with van der Waals surface area (Å²) < 4.78 is 5.60. The Labute approximate surface area is 113 Å². The maximum Gasteiger partial charge on any atom is 0.329 e. The Kier molecular flexibility index (Phi) is 4.45. The molecule has 0 saturated carbocycles. The van der Waals surface area contributed by atoms with E-state index in [0.717, 1.165) is 32.3 Å². The lowest BCUT2D eigenvalue weighted by atomic mass is 9.98. The Morgan fingerprint density at radius 2 is 2.16 bits per heavy atom. The van der Waals surface area contributed by atoms with E-state index in [1.165, 1.54) is 4.90 Å². The van der Waals surface area contributed by atoms with E-state index in [1.54, 1.807) is 6.92 Å². The van der Waals surface area contributed by atoms with Gasteiger partial charge in [0.2, 0.25) is 5.91 Å². The number of rotatable bonds is 4. The first kappa shape index (κ1) is 14.3. The molecule has 5 heteroatoms. The first-order chi connectivity index (χ1) is 9.04. The predicted octanol–water partition coefficient (Wildman–Crippen LogP) is 1.80. The highest BCUT2D eigenvalue weighted by Gasteiger charge is 2.45. The molecule has 0 aromatic rings. The second kappa shape index (κ2) is 5.90. The fourth-order valence-corrected chi connectivity index (χ4v) is 3.04. The van der Waals surface area contributed by atoms with Crippen LogP contribution in [-0.2, 0) is 14.3 Å². The smallest absolute Gasteiger partial charge is 0.329 e. The maximum absolute atomic E-state index is 12.2. The molecule has 2 aliphatic heterocycles. The molecular weight excluding hydrogens is 246 g/mol. The van der Waals surface area contributed by atoms with Crippen molar-refractivity contribution in [1.29, 1.82) is 0 Å². The van der Waals surface area contributed by atoms with Gasteiger partial charge in [-0.15, -0.1) is 0 Å². The lowest BCUT2D eigenvalue weighted by molar-refractivity contribution is -0.155.